The highest BCUT2D eigenvalue weighted by molar-refractivity contribution is 6.30. The molecule has 0 bridgehead atoms. The minimum Gasteiger partial charge on any atom is -0.352 e. The molecule has 0 unspecified atom stereocenters. The molecule has 0 spiro atoms. The summed E-state index contributed by atoms with van der Waals surface area (Å²) >= 11 is 5.68. The molecule has 0 saturated heterocycles. The Morgan fingerprint density at radius 3 is 2.80 bits per heavy atom. The lowest BCUT2D eigenvalue weighted by atomic mass is 10.2. The van der Waals surface area contributed by atoms with Crippen molar-refractivity contribution in [1.29, 1.82) is 0 Å². The van der Waals surface area contributed by atoms with Crippen molar-refractivity contribution in [2.24, 2.45) is 5.92 Å². The lowest BCUT2D eigenvalue weighted by Gasteiger charge is -2.08. The number of hydrogen-bond acceptors (Lipinski definition) is 1. The summed E-state index contributed by atoms with van der Waals surface area (Å²) in [5, 5.41) is 2.98. The summed E-state index contributed by atoms with van der Waals surface area (Å²) < 4.78 is 13.2. The van der Waals surface area contributed by atoms with Gasteiger partial charge in [0.25, 0.3) is 5.91 Å². The van der Waals surface area contributed by atoms with Crippen LogP contribution in [0.4, 0.5) is 4.39 Å². The zero-order chi connectivity index (χ0) is 11.4. The minimum atomic E-state index is -0.555. The van der Waals surface area contributed by atoms with E-state index in [1.54, 1.807) is 0 Å². The maximum absolute atomic E-state index is 13.2. The van der Waals surface area contributed by atoms with E-state index in [1.807, 2.05) is 13.8 Å². The van der Waals surface area contributed by atoms with E-state index in [9.17, 15) is 9.18 Å². The number of nitrogens with one attached hydrogen (secondary N) is 1. The van der Waals surface area contributed by atoms with Crippen molar-refractivity contribution in [1.82, 2.24) is 5.32 Å². The number of benzene rings is 1. The van der Waals surface area contributed by atoms with Crippen LogP contribution in [0, 0.1) is 11.7 Å². The van der Waals surface area contributed by atoms with Gasteiger partial charge in [0.05, 0.1) is 5.56 Å². The average Bonchev–Trinajstić information content (AvgIpc) is 2.18. The molecule has 0 radical (unpaired) electrons. The maximum atomic E-state index is 13.2. The van der Waals surface area contributed by atoms with Crippen LogP contribution in [0.2, 0.25) is 5.02 Å². The van der Waals surface area contributed by atoms with Crippen LogP contribution in [0.5, 0.6) is 0 Å². The summed E-state index contributed by atoms with van der Waals surface area (Å²) in [4.78, 5) is 11.5. The molecule has 15 heavy (non-hydrogen) atoms. The van der Waals surface area contributed by atoms with Crippen LogP contribution in [0.3, 0.4) is 0 Å². The third kappa shape index (κ3) is 3.51. The predicted molar refractivity (Wildman–Crippen MR) is 58.6 cm³/mol. The zero-order valence-electron chi connectivity index (χ0n) is 8.68. The fourth-order valence-corrected chi connectivity index (χ4v) is 1.24. The van der Waals surface area contributed by atoms with Gasteiger partial charge in [0, 0.05) is 11.6 Å². The molecule has 1 aromatic rings. The molecule has 0 aromatic heterocycles. The van der Waals surface area contributed by atoms with Crippen molar-refractivity contribution in [2.75, 3.05) is 6.54 Å². The highest BCUT2D eigenvalue weighted by Crippen LogP contribution is 2.14. The number of carbonyl (C=O) groups is 1. The largest absolute Gasteiger partial charge is 0.352 e. The van der Waals surface area contributed by atoms with Crippen LogP contribution in [-0.2, 0) is 0 Å². The first kappa shape index (κ1) is 12.0. The van der Waals surface area contributed by atoms with E-state index in [1.165, 1.54) is 18.2 Å². The highest BCUT2D eigenvalue weighted by Gasteiger charge is 2.11. The Hall–Kier alpha value is -1.09. The summed E-state index contributed by atoms with van der Waals surface area (Å²) in [5.41, 5.74) is -0.0110. The molecule has 0 aliphatic heterocycles. The quantitative estimate of drug-likeness (QED) is 0.849. The average molecular weight is 230 g/mol. The molecule has 0 saturated carbocycles. The number of amides is 1. The molecule has 0 atom stereocenters. The van der Waals surface area contributed by atoms with Crippen LogP contribution < -0.4 is 5.32 Å². The Bertz CT molecular complexity index is 366. The van der Waals surface area contributed by atoms with E-state index in [2.05, 4.69) is 5.32 Å². The molecule has 0 fully saturated rings. The van der Waals surface area contributed by atoms with E-state index in [4.69, 9.17) is 11.6 Å². The topological polar surface area (TPSA) is 29.1 Å². The summed E-state index contributed by atoms with van der Waals surface area (Å²) in [6, 6.07) is 3.93. The van der Waals surface area contributed by atoms with Crippen LogP contribution in [-0.4, -0.2) is 12.5 Å². The van der Waals surface area contributed by atoms with E-state index in [0.717, 1.165) is 0 Å². The first-order valence-electron chi connectivity index (χ1n) is 4.74. The van der Waals surface area contributed by atoms with Gasteiger partial charge in [-0.1, -0.05) is 25.4 Å². The molecule has 0 aliphatic carbocycles. The van der Waals surface area contributed by atoms with Crippen LogP contribution >= 0.6 is 11.6 Å². The second-order valence-electron chi connectivity index (χ2n) is 3.73. The number of carbonyl (C=O) groups excluding carboxylic acids is 1. The molecular weight excluding hydrogens is 217 g/mol. The Kier molecular flexibility index (Phi) is 4.09. The predicted octanol–water partition coefficient (Wildman–Crippen LogP) is 2.86. The van der Waals surface area contributed by atoms with Crippen molar-refractivity contribution in [3.05, 3.63) is 34.6 Å². The Morgan fingerprint density at radius 2 is 2.20 bits per heavy atom. The van der Waals surface area contributed by atoms with Gasteiger partial charge in [-0.3, -0.25) is 4.79 Å². The van der Waals surface area contributed by atoms with Gasteiger partial charge in [0.1, 0.15) is 5.82 Å². The Morgan fingerprint density at radius 1 is 1.53 bits per heavy atom. The van der Waals surface area contributed by atoms with Crippen molar-refractivity contribution in [3.8, 4) is 0 Å². The molecule has 0 heterocycles. The molecule has 4 heteroatoms. The normalized spacial score (nSPS) is 10.5. The molecule has 0 aliphatic rings. The second-order valence-corrected chi connectivity index (χ2v) is 4.16. The minimum absolute atomic E-state index is 0.0110. The van der Waals surface area contributed by atoms with Crippen LogP contribution in [0.25, 0.3) is 0 Å². The molecule has 1 N–H and O–H groups in total. The van der Waals surface area contributed by atoms with Gasteiger partial charge in [-0.05, 0) is 24.1 Å². The van der Waals surface area contributed by atoms with E-state index >= 15 is 0 Å². The van der Waals surface area contributed by atoms with Gasteiger partial charge >= 0.3 is 0 Å². The van der Waals surface area contributed by atoms with Crippen molar-refractivity contribution in [2.45, 2.75) is 13.8 Å². The number of halogens is 2. The van der Waals surface area contributed by atoms with Gasteiger partial charge in [0.15, 0.2) is 0 Å². The monoisotopic (exact) mass is 229 g/mol. The van der Waals surface area contributed by atoms with Gasteiger partial charge in [-0.15, -0.1) is 0 Å². The van der Waals surface area contributed by atoms with E-state index < -0.39 is 11.7 Å². The summed E-state index contributed by atoms with van der Waals surface area (Å²) in [5.74, 6) is -0.652. The first-order chi connectivity index (χ1) is 7.00. The van der Waals surface area contributed by atoms with Crippen LogP contribution in [0.15, 0.2) is 18.2 Å². The highest BCUT2D eigenvalue weighted by atomic mass is 35.5. The lowest BCUT2D eigenvalue weighted by Crippen LogP contribution is -2.28. The van der Waals surface area contributed by atoms with E-state index in [0.29, 0.717) is 17.5 Å². The molecule has 1 aromatic carbocycles. The maximum Gasteiger partial charge on any atom is 0.254 e. The summed E-state index contributed by atoms with van der Waals surface area (Å²) in [6.45, 7) is 4.45. The molecule has 82 valence electrons. The smallest absolute Gasteiger partial charge is 0.254 e. The van der Waals surface area contributed by atoms with Gasteiger partial charge in [0.2, 0.25) is 0 Å². The van der Waals surface area contributed by atoms with Crippen molar-refractivity contribution < 1.29 is 9.18 Å². The number of hydrogen-bond donors (Lipinski definition) is 1. The summed E-state index contributed by atoms with van der Waals surface area (Å²) in [6.07, 6.45) is 0. The zero-order valence-corrected chi connectivity index (χ0v) is 9.44. The molecule has 1 amide bonds. The second kappa shape index (κ2) is 5.12. The third-order valence-corrected chi connectivity index (χ3v) is 2.08. The fraction of sp³-hybridized carbons (Fsp3) is 0.364. The van der Waals surface area contributed by atoms with Gasteiger partial charge < -0.3 is 5.32 Å². The molecule has 1 rings (SSSR count). The lowest BCUT2D eigenvalue weighted by molar-refractivity contribution is 0.0945. The first-order valence-corrected chi connectivity index (χ1v) is 5.11. The standard InChI is InChI=1S/C11H13ClFNO/c1-7(2)6-14-11(15)9-5-8(12)3-4-10(9)13/h3-5,7H,6H2,1-2H3,(H,14,15). The van der Waals surface area contributed by atoms with Crippen molar-refractivity contribution in [3.63, 3.8) is 0 Å². The third-order valence-electron chi connectivity index (χ3n) is 1.84. The molecule has 2 nitrogen and oxygen atoms in total. The Labute approximate surface area is 93.4 Å². The number of rotatable bonds is 3. The van der Waals surface area contributed by atoms with Gasteiger partial charge in [-0.2, -0.15) is 0 Å². The van der Waals surface area contributed by atoms with Crippen LogP contribution in [0.1, 0.15) is 24.2 Å². The fourth-order valence-electron chi connectivity index (χ4n) is 1.06. The van der Waals surface area contributed by atoms with Crippen molar-refractivity contribution >= 4 is 17.5 Å². The Balaban J connectivity index is 2.77. The van der Waals surface area contributed by atoms with E-state index in [-0.39, 0.29) is 5.56 Å². The summed E-state index contributed by atoms with van der Waals surface area (Å²) in [7, 11) is 0. The van der Waals surface area contributed by atoms with Gasteiger partial charge in [-0.25, -0.2) is 4.39 Å². The molecular formula is C11H13ClFNO. The SMILES string of the molecule is CC(C)CNC(=O)c1cc(Cl)ccc1F.